The fraction of sp³-hybridized carbons (Fsp3) is 0.385. The van der Waals surface area contributed by atoms with Crippen LogP contribution < -0.4 is 4.74 Å². The summed E-state index contributed by atoms with van der Waals surface area (Å²) in [4.78, 5) is 0. The number of hydrogen-bond donors (Lipinski definition) is 1. The Kier molecular flexibility index (Phi) is 5.41. The van der Waals surface area contributed by atoms with Gasteiger partial charge in [-0.25, -0.2) is 0 Å². The van der Waals surface area contributed by atoms with Gasteiger partial charge in [0.25, 0.3) is 0 Å². The van der Waals surface area contributed by atoms with Gasteiger partial charge >= 0.3 is 0 Å². The standard InChI is InChI=1S/C13H16O3/c1-3-12(14)8-9-16-10-11-4-6-13(15-2)7-5-11/h1,4-7,12,14H,8-10H2,2H3. The van der Waals surface area contributed by atoms with E-state index in [-0.39, 0.29) is 0 Å². The molecule has 0 fully saturated rings. The zero-order valence-electron chi connectivity index (χ0n) is 9.35. The van der Waals surface area contributed by atoms with Crippen molar-refractivity contribution in [2.24, 2.45) is 0 Å². The van der Waals surface area contributed by atoms with Crippen molar-refractivity contribution in [3.63, 3.8) is 0 Å². The van der Waals surface area contributed by atoms with Crippen LogP contribution in [0.25, 0.3) is 0 Å². The number of ether oxygens (including phenoxy) is 2. The predicted octanol–water partition coefficient (Wildman–Crippen LogP) is 1.60. The largest absolute Gasteiger partial charge is 0.497 e. The summed E-state index contributed by atoms with van der Waals surface area (Å²) in [7, 11) is 1.63. The van der Waals surface area contributed by atoms with Gasteiger partial charge in [-0.2, -0.15) is 0 Å². The molecule has 0 aromatic heterocycles. The minimum absolute atomic E-state index is 0.456. The fourth-order valence-corrected chi connectivity index (χ4v) is 1.19. The van der Waals surface area contributed by atoms with Gasteiger partial charge < -0.3 is 14.6 Å². The summed E-state index contributed by atoms with van der Waals surface area (Å²) in [6.45, 7) is 0.971. The van der Waals surface area contributed by atoms with Crippen molar-refractivity contribution in [1.29, 1.82) is 0 Å². The molecule has 0 aliphatic heterocycles. The van der Waals surface area contributed by atoms with E-state index in [9.17, 15) is 0 Å². The Labute approximate surface area is 96.0 Å². The van der Waals surface area contributed by atoms with Crippen LogP contribution in [0.1, 0.15) is 12.0 Å². The molecule has 0 amide bonds. The van der Waals surface area contributed by atoms with Gasteiger partial charge in [0, 0.05) is 6.42 Å². The molecule has 3 nitrogen and oxygen atoms in total. The maximum absolute atomic E-state index is 9.09. The zero-order chi connectivity index (χ0) is 11.8. The van der Waals surface area contributed by atoms with Crippen molar-refractivity contribution < 1.29 is 14.6 Å². The minimum atomic E-state index is -0.712. The Morgan fingerprint density at radius 3 is 2.62 bits per heavy atom. The van der Waals surface area contributed by atoms with Crippen LogP contribution >= 0.6 is 0 Å². The quantitative estimate of drug-likeness (QED) is 0.584. The highest BCUT2D eigenvalue weighted by Gasteiger charge is 1.99. The van der Waals surface area contributed by atoms with Crippen molar-refractivity contribution in [3.05, 3.63) is 29.8 Å². The van der Waals surface area contributed by atoms with Gasteiger partial charge in [-0.1, -0.05) is 18.1 Å². The predicted molar refractivity (Wildman–Crippen MR) is 62.1 cm³/mol. The Morgan fingerprint density at radius 2 is 2.06 bits per heavy atom. The SMILES string of the molecule is C#CC(O)CCOCc1ccc(OC)cc1. The summed E-state index contributed by atoms with van der Waals surface area (Å²) < 4.78 is 10.4. The minimum Gasteiger partial charge on any atom is -0.497 e. The lowest BCUT2D eigenvalue weighted by Gasteiger charge is -2.06. The van der Waals surface area contributed by atoms with Gasteiger partial charge in [-0.15, -0.1) is 6.42 Å². The normalized spacial score (nSPS) is 11.8. The molecule has 0 heterocycles. The monoisotopic (exact) mass is 220 g/mol. The number of rotatable bonds is 6. The van der Waals surface area contributed by atoms with E-state index in [4.69, 9.17) is 21.0 Å². The van der Waals surface area contributed by atoms with Gasteiger partial charge in [0.2, 0.25) is 0 Å². The Morgan fingerprint density at radius 1 is 1.38 bits per heavy atom. The molecule has 16 heavy (non-hydrogen) atoms. The van der Waals surface area contributed by atoms with Gasteiger partial charge in [0.1, 0.15) is 11.9 Å². The molecule has 0 radical (unpaired) electrons. The van der Waals surface area contributed by atoms with Crippen LogP contribution in [0, 0.1) is 12.3 Å². The molecule has 1 atom stereocenters. The van der Waals surface area contributed by atoms with Gasteiger partial charge in [0.15, 0.2) is 0 Å². The van der Waals surface area contributed by atoms with E-state index in [1.54, 1.807) is 7.11 Å². The summed E-state index contributed by atoms with van der Waals surface area (Å²) in [5, 5.41) is 9.09. The van der Waals surface area contributed by atoms with E-state index >= 15 is 0 Å². The number of hydrogen-bond acceptors (Lipinski definition) is 3. The molecule has 1 N–H and O–H groups in total. The summed E-state index contributed by atoms with van der Waals surface area (Å²) >= 11 is 0. The highest BCUT2D eigenvalue weighted by molar-refractivity contribution is 5.26. The summed E-state index contributed by atoms with van der Waals surface area (Å²) in [6, 6.07) is 7.65. The van der Waals surface area contributed by atoms with Crippen molar-refractivity contribution in [1.82, 2.24) is 0 Å². The maximum atomic E-state index is 9.09. The van der Waals surface area contributed by atoms with Gasteiger partial charge in [0.05, 0.1) is 20.3 Å². The van der Waals surface area contributed by atoms with E-state index in [0.29, 0.717) is 19.6 Å². The molecule has 0 bridgehead atoms. The number of benzene rings is 1. The highest BCUT2D eigenvalue weighted by atomic mass is 16.5. The van der Waals surface area contributed by atoms with Gasteiger partial charge in [-0.05, 0) is 17.7 Å². The first-order valence-electron chi connectivity index (χ1n) is 5.11. The molecule has 3 heteroatoms. The lowest BCUT2D eigenvalue weighted by molar-refractivity contribution is 0.0907. The molecule has 0 spiro atoms. The first kappa shape index (κ1) is 12.6. The van der Waals surface area contributed by atoms with Crippen LogP contribution in [0.4, 0.5) is 0 Å². The van der Waals surface area contributed by atoms with Crippen LogP contribution in [-0.2, 0) is 11.3 Å². The first-order valence-corrected chi connectivity index (χ1v) is 5.11. The number of aliphatic hydroxyl groups is 1. The molecule has 0 saturated carbocycles. The summed E-state index contributed by atoms with van der Waals surface area (Å²) in [5.74, 6) is 3.06. The zero-order valence-corrected chi connectivity index (χ0v) is 9.35. The number of terminal acetylenes is 1. The van der Waals surface area contributed by atoms with Crippen LogP contribution in [0.15, 0.2) is 24.3 Å². The van der Waals surface area contributed by atoms with Crippen molar-refractivity contribution in [2.75, 3.05) is 13.7 Å². The Balaban J connectivity index is 2.24. The smallest absolute Gasteiger partial charge is 0.118 e. The molecule has 1 rings (SSSR count). The van der Waals surface area contributed by atoms with E-state index in [2.05, 4.69) is 5.92 Å². The second-order valence-corrected chi connectivity index (χ2v) is 3.37. The lowest BCUT2D eigenvalue weighted by Crippen LogP contribution is -2.07. The third-order valence-corrected chi connectivity index (χ3v) is 2.16. The molecule has 0 aliphatic rings. The summed E-state index contributed by atoms with van der Waals surface area (Å²) in [5.41, 5.74) is 1.07. The fourth-order valence-electron chi connectivity index (χ4n) is 1.19. The van der Waals surface area contributed by atoms with E-state index in [1.165, 1.54) is 0 Å². The summed E-state index contributed by atoms with van der Waals surface area (Å²) in [6.07, 6.45) is 4.78. The Bertz CT molecular complexity index is 337. The second-order valence-electron chi connectivity index (χ2n) is 3.37. The van der Waals surface area contributed by atoms with Crippen LogP contribution in [0.3, 0.4) is 0 Å². The highest BCUT2D eigenvalue weighted by Crippen LogP contribution is 2.11. The molecule has 1 aromatic carbocycles. The number of aliphatic hydroxyl groups excluding tert-OH is 1. The Hall–Kier alpha value is -1.50. The molecule has 1 aromatic rings. The second kappa shape index (κ2) is 6.89. The van der Waals surface area contributed by atoms with Crippen molar-refractivity contribution in [2.45, 2.75) is 19.1 Å². The van der Waals surface area contributed by atoms with Crippen molar-refractivity contribution in [3.8, 4) is 18.1 Å². The lowest BCUT2D eigenvalue weighted by atomic mass is 10.2. The molecule has 0 aliphatic carbocycles. The average molecular weight is 220 g/mol. The first-order chi connectivity index (χ1) is 7.76. The molecular weight excluding hydrogens is 204 g/mol. The molecule has 86 valence electrons. The molecule has 0 saturated heterocycles. The van der Waals surface area contributed by atoms with E-state index in [1.807, 2.05) is 24.3 Å². The third kappa shape index (κ3) is 4.35. The molecule has 1 unspecified atom stereocenters. The van der Waals surface area contributed by atoms with Crippen molar-refractivity contribution >= 4 is 0 Å². The topological polar surface area (TPSA) is 38.7 Å². The van der Waals surface area contributed by atoms with Crippen LogP contribution in [0.5, 0.6) is 5.75 Å². The van der Waals surface area contributed by atoms with Crippen LogP contribution in [0.2, 0.25) is 0 Å². The van der Waals surface area contributed by atoms with Crippen LogP contribution in [-0.4, -0.2) is 24.9 Å². The average Bonchev–Trinajstić information content (AvgIpc) is 2.35. The van der Waals surface area contributed by atoms with Gasteiger partial charge in [-0.3, -0.25) is 0 Å². The van der Waals surface area contributed by atoms with E-state index < -0.39 is 6.10 Å². The molecular formula is C13H16O3. The maximum Gasteiger partial charge on any atom is 0.118 e. The van der Waals surface area contributed by atoms with E-state index in [0.717, 1.165) is 11.3 Å². The number of methoxy groups -OCH3 is 1. The third-order valence-electron chi connectivity index (χ3n) is 2.16.